The number of nitrogens with zero attached hydrogens (tertiary/aromatic N) is 1. The summed E-state index contributed by atoms with van der Waals surface area (Å²) in [6.07, 6.45) is 1.22. The van der Waals surface area contributed by atoms with Crippen molar-refractivity contribution < 1.29 is 14.0 Å². The Kier molecular flexibility index (Phi) is 6.93. The zero-order valence-corrected chi connectivity index (χ0v) is 16.4. The first-order valence-electron chi connectivity index (χ1n) is 8.56. The van der Waals surface area contributed by atoms with Gasteiger partial charge >= 0.3 is 0 Å². The Morgan fingerprint density at radius 1 is 1.46 bits per heavy atom. The fourth-order valence-electron chi connectivity index (χ4n) is 3.34. The standard InChI is InChI=1S/C18H24FN3O2S.ClH/c1-18(10-20)6-7-22(11-18)17(24)14-9-25-15(16(23)21-14)8-12-4-2-3-5-13(12)19;/h2-5,14-15H,6-11,20H2,1H3,(H,21,23);1H. The van der Waals surface area contributed by atoms with Crippen LogP contribution in [0.1, 0.15) is 18.9 Å². The number of thioether (sulfide) groups is 1. The van der Waals surface area contributed by atoms with Gasteiger partial charge in [0.25, 0.3) is 0 Å². The van der Waals surface area contributed by atoms with Crippen molar-refractivity contribution in [3.8, 4) is 0 Å². The molecule has 3 N–H and O–H groups in total. The van der Waals surface area contributed by atoms with Crippen molar-refractivity contribution in [2.45, 2.75) is 31.1 Å². The maximum atomic E-state index is 13.8. The van der Waals surface area contributed by atoms with Crippen LogP contribution in [0.3, 0.4) is 0 Å². The molecule has 3 atom stereocenters. The lowest BCUT2D eigenvalue weighted by atomic mass is 9.90. The number of hydrogen-bond donors (Lipinski definition) is 2. The third-order valence-corrected chi connectivity index (χ3v) is 6.41. The van der Waals surface area contributed by atoms with Gasteiger partial charge in [-0.05, 0) is 36.4 Å². The van der Waals surface area contributed by atoms with Gasteiger partial charge in [0, 0.05) is 18.8 Å². The Morgan fingerprint density at radius 3 is 2.81 bits per heavy atom. The molecule has 0 radical (unpaired) electrons. The van der Waals surface area contributed by atoms with Gasteiger partial charge in [-0.1, -0.05) is 25.1 Å². The Labute approximate surface area is 163 Å². The molecule has 144 valence electrons. The highest BCUT2D eigenvalue weighted by Gasteiger charge is 2.40. The Bertz CT molecular complexity index is 678. The summed E-state index contributed by atoms with van der Waals surface area (Å²) < 4.78 is 13.8. The average Bonchev–Trinajstić information content (AvgIpc) is 3.01. The number of nitrogens with one attached hydrogen (secondary N) is 1. The van der Waals surface area contributed by atoms with Gasteiger partial charge in [0.05, 0.1) is 5.25 Å². The molecule has 2 aliphatic heterocycles. The second-order valence-corrected chi connectivity index (χ2v) is 8.44. The molecule has 1 aromatic rings. The summed E-state index contributed by atoms with van der Waals surface area (Å²) in [5.74, 6) is -0.0206. The molecule has 2 heterocycles. The first-order valence-corrected chi connectivity index (χ1v) is 9.61. The predicted octanol–water partition coefficient (Wildman–Crippen LogP) is 1.59. The molecule has 0 spiro atoms. The lowest BCUT2D eigenvalue weighted by molar-refractivity contribution is -0.135. The van der Waals surface area contributed by atoms with E-state index in [9.17, 15) is 14.0 Å². The van der Waals surface area contributed by atoms with Crippen molar-refractivity contribution in [2.75, 3.05) is 25.4 Å². The van der Waals surface area contributed by atoms with Gasteiger partial charge in [-0.25, -0.2) is 4.39 Å². The molecule has 3 rings (SSSR count). The van der Waals surface area contributed by atoms with Gasteiger partial charge in [-0.2, -0.15) is 0 Å². The van der Waals surface area contributed by atoms with E-state index in [1.165, 1.54) is 17.8 Å². The third-order valence-electron chi connectivity index (χ3n) is 5.10. The molecule has 8 heteroatoms. The van der Waals surface area contributed by atoms with Crippen LogP contribution in [-0.2, 0) is 16.0 Å². The van der Waals surface area contributed by atoms with E-state index in [1.54, 1.807) is 23.1 Å². The van der Waals surface area contributed by atoms with Crippen LogP contribution in [0.15, 0.2) is 24.3 Å². The van der Waals surface area contributed by atoms with Gasteiger partial charge in [-0.15, -0.1) is 24.2 Å². The normalized spacial score (nSPS) is 28.4. The number of halogens is 2. The zero-order chi connectivity index (χ0) is 18.0. The maximum absolute atomic E-state index is 13.8. The van der Waals surface area contributed by atoms with Gasteiger partial charge in [0.15, 0.2) is 0 Å². The van der Waals surface area contributed by atoms with Crippen molar-refractivity contribution in [1.29, 1.82) is 0 Å². The van der Waals surface area contributed by atoms with Crippen LogP contribution < -0.4 is 11.1 Å². The molecule has 2 saturated heterocycles. The predicted molar refractivity (Wildman–Crippen MR) is 104 cm³/mol. The van der Waals surface area contributed by atoms with Gasteiger partial charge < -0.3 is 16.0 Å². The van der Waals surface area contributed by atoms with Crippen LogP contribution >= 0.6 is 24.2 Å². The number of hydrogen-bond acceptors (Lipinski definition) is 4. The van der Waals surface area contributed by atoms with Gasteiger partial charge in [0.1, 0.15) is 11.9 Å². The van der Waals surface area contributed by atoms with Crippen LogP contribution in [0.2, 0.25) is 0 Å². The Hall–Kier alpha value is -1.31. The largest absolute Gasteiger partial charge is 0.343 e. The molecule has 1 aromatic carbocycles. The summed E-state index contributed by atoms with van der Waals surface area (Å²) >= 11 is 1.42. The monoisotopic (exact) mass is 401 g/mol. The van der Waals surface area contributed by atoms with Crippen LogP contribution in [0.4, 0.5) is 4.39 Å². The molecule has 5 nitrogen and oxygen atoms in total. The van der Waals surface area contributed by atoms with E-state index in [0.29, 0.717) is 37.4 Å². The number of nitrogens with two attached hydrogens (primary N) is 1. The van der Waals surface area contributed by atoms with E-state index in [4.69, 9.17) is 5.73 Å². The summed E-state index contributed by atoms with van der Waals surface area (Å²) in [4.78, 5) is 26.8. The van der Waals surface area contributed by atoms with E-state index < -0.39 is 6.04 Å². The number of amides is 2. The Morgan fingerprint density at radius 2 is 2.19 bits per heavy atom. The Balaban J connectivity index is 0.00000243. The second kappa shape index (κ2) is 8.59. The maximum Gasteiger partial charge on any atom is 0.246 e. The molecule has 0 saturated carbocycles. The van der Waals surface area contributed by atoms with E-state index in [2.05, 4.69) is 12.2 Å². The first kappa shape index (κ1) is 21.0. The lowest BCUT2D eigenvalue weighted by Gasteiger charge is -2.31. The molecule has 2 aliphatic rings. The van der Waals surface area contributed by atoms with Gasteiger partial charge in [0.2, 0.25) is 11.8 Å². The minimum atomic E-state index is -0.505. The number of carbonyl (C=O) groups is 2. The fourth-order valence-corrected chi connectivity index (χ4v) is 4.51. The topological polar surface area (TPSA) is 75.4 Å². The quantitative estimate of drug-likeness (QED) is 0.803. The minimum absolute atomic E-state index is 0. The van der Waals surface area contributed by atoms with Crippen molar-refractivity contribution in [1.82, 2.24) is 10.2 Å². The highest BCUT2D eigenvalue weighted by molar-refractivity contribution is 8.00. The lowest BCUT2D eigenvalue weighted by Crippen LogP contribution is -2.55. The molecule has 0 bridgehead atoms. The van der Waals surface area contributed by atoms with Gasteiger partial charge in [-0.3, -0.25) is 9.59 Å². The highest BCUT2D eigenvalue weighted by atomic mass is 35.5. The van der Waals surface area contributed by atoms with Crippen molar-refractivity contribution in [3.63, 3.8) is 0 Å². The minimum Gasteiger partial charge on any atom is -0.343 e. The van der Waals surface area contributed by atoms with E-state index >= 15 is 0 Å². The molecular formula is C18H25ClFN3O2S. The fraction of sp³-hybridized carbons (Fsp3) is 0.556. The summed E-state index contributed by atoms with van der Waals surface area (Å²) in [6, 6.07) is 5.98. The highest BCUT2D eigenvalue weighted by Crippen LogP contribution is 2.30. The number of rotatable bonds is 4. The van der Waals surface area contributed by atoms with Crippen LogP contribution in [0.25, 0.3) is 0 Å². The third kappa shape index (κ3) is 4.50. The summed E-state index contributed by atoms with van der Waals surface area (Å²) in [5, 5.41) is 2.46. The molecule has 0 aromatic heterocycles. The summed E-state index contributed by atoms with van der Waals surface area (Å²) in [5.41, 5.74) is 6.29. The van der Waals surface area contributed by atoms with Crippen LogP contribution in [0.5, 0.6) is 0 Å². The molecule has 0 aliphatic carbocycles. The van der Waals surface area contributed by atoms with E-state index in [1.807, 2.05) is 0 Å². The zero-order valence-electron chi connectivity index (χ0n) is 14.7. The van der Waals surface area contributed by atoms with E-state index in [0.717, 1.165) is 6.42 Å². The second-order valence-electron chi connectivity index (χ2n) is 7.20. The van der Waals surface area contributed by atoms with Crippen molar-refractivity contribution in [2.24, 2.45) is 11.1 Å². The molecule has 3 unspecified atom stereocenters. The van der Waals surface area contributed by atoms with Crippen molar-refractivity contribution >= 4 is 36.0 Å². The first-order chi connectivity index (χ1) is 11.9. The number of likely N-dealkylation sites (tertiary alicyclic amines) is 1. The van der Waals surface area contributed by atoms with Crippen LogP contribution in [-0.4, -0.2) is 53.4 Å². The molecule has 26 heavy (non-hydrogen) atoms. The van der Waals surface area contributed by atoms with Crippen molar-refractivity contribution in [3.05, 3.63) is 35.6 Å². The SMILES string of the molecule is CC1(CN)CCN(C(=O)C2CSC(Cc3ccccc3F)C(=O)N2)C1.Cl. The molecular weight excluding hydrogens is 377 g/mol. The summed E-state index contributed by atoms with van der Waals surface area (Å²) in [6.45, 7) is 3.95. The number of carbonyl (C=O) groups excluding carboxylic acids is 2. The van der Waals surface area contributed by atoms with E-state index in [-0.39, 0.29) is 40.7 Å². The smallest absolute Gasteiger partial charge is 0.246 e. The van der Waals surface area contributed by atoms with Crippen LogP contribution in [0, 0.1) is 11.2 Å². The number of benzene rings is 1. The average molecular weight is 402 g/mol. The molecule has 2 fully saturated rings. The summed E-state index contributed by atoms with van der Waals surface area (Å²) in [7, 11) is 0. The molecule has 2 amide bonds.